The highest BCUT2D eigenvalue weighted by molar-refractivity contribution is 7.99. The van der Waals surface area contributed by atoms with E-state index in [1.54, 1.807) is 84.3 Å². The maximum absolute atomic E-state index is 15.0. The number of imidazole rings is 1. The Kier molecular flexibility index (Phi) is 31.2. The van der Waals surface area contributed by atoms with Crippen LogP contribution < -0.4 is 69.5 Å². The first-order chi connectivity index (χ1) is 49.1. The van der Waals surface area contributed by atoms with E-state index in [-0.39, 0.29) is 68.3 Å². The Morgan fingerprint density at radius 1 is 0.596 bits per heavy atom. The number of aliphatic hydroxyl groups excluding tert-OH is 1. The van der Waals surface area contributed by atoms with Gasteiger partial charge in [0, 0.05) is 77.3 Å². The summed E-state index contributed by atoms with van der Waals surface area (Å²) in [6.45, 7) is 17.7. The quantitative estimate of drug-likeness (QED) is 0.0523. The van der Waals surface area contributed by atoms with Gasteiger partial charge in [-0.3, -0.25) is 62.3 Å². The lowest BCUT2D eigenvalue weighted by Crippen LogP contribution is -2.61. The molecule has 104 heavy (non-hydrogen) atoms. The fourth-order valence-electron chi connectivity index (χ4n) is 11.8. The molecule has 4 heterocycles. The molecule has 1 aliphatic rings. The zero-order valence-electron chi connectivity index (χ0n) is 60.7. The third-order valence-electron chi connectivity index (χ3n) is 17.2. The van der Waals surface area contributed by atoms with E-state index in [0.29, 0.717) is 27.7 Å². The number of nitrogens with zero attached hydrogens (tertiary/aromatic N) is 1. The Labute approximate surface area is 607 Å². The standard InChI is InChI=1S/C71H103N17O15S/c1-36(2)26-51-62(95)76-34-56(90)79-48(20-21-57(91)92)63(96)83-52(27-37(3)4)69(102)86-58(38(5)6)70(103)85-54(29-42-32-75-47-19-15-13-17-45(42)47)66(99)80-49(64(97)87-59(40(8)89)60(72)93)22-24-104-25-23-50(88-71(9,10)11)65(98)78-39(7)61(94)81-53(28-41-31-74-46-18-14-12-16-44(41)46)67(100)84-55(68(101)82-51)30-43-33-73-35-77-43/h12-19,31-33,35-40,48-55,58-59,74-75,88-89H,20-30,34H2,1-11H3,(H2,72,93)(H,73,77)(H,76,95)(H,78,98)(H,79,90)(H,80,99)(H,81,94)(H,82,101)(H,83,96)(H,84,100)(H,85,103)(H,86,102)(H,87,97)(H,91,92)/t39-,40+,48-,49-,50?,51-,52-,53-,54-,55-,58?,59-/m0/s1. The normalized spacial score (nSPS) is 23.6. The highest BCUT2D eigenvalue weighted by atomic mass is 32.2. The van der Waals surface area contributed by atoms with E-state index in [4.69, 9.17) is 5.73 Å². The maximum Gasteiger partial charge on any atom is 0.303 e. The number of thioether (sulfide) groups is 1. The number of hydrogen-bond acceptors (Lipinski definition) is 17. The van der Waals surface area contributed by atoms with Crippen LogP contribution in [0.4, 0.5) is 0 Å². The summed E-state index contributed by atoms with van der Waals surface area (Å²) in [6, 6.07) is -1.01. The molecule has 32 nitrogen and oxygen atoms in total. The summed E-state index contributed by atoms with van der Waals surface area (Å²) in [6.07, 6.45) is 2.96. The molecular formula is C71H103N17O15S. The molecule has 12 atom stereocenters. The summed E-state index contributed by atoms with van der Waals surface area (Å²) in [5.74, 6) is -12.7. The molecule has 6 rings (SSSR count). The van der Waals surface area contributed by atoms with E-state index in [0.717, 1.165) is 10.9 Å². The van der Waals surface area contributed by atoms with E-state index in [9.17, 15) is 72.5 Å². The number of carbonyl (C=O) groups excluding carboxylic acids is 12. The van der Waals surface area contributed by atoms with Crippen molar-refractivity contribution in [2.24, 2.45) is 23.5 Å². The number of fused-ring (bicyclic) bond motifs is 2. The van der Waals surface area contributed by atoms with Gasteiger partial charge in [0.1, 0.15) is 60.4 Å². The number of amides is 12. The van der Waals surface area contributed by atoms with E-state index in [1.807, 2.05) is 39.0 Å². The number of nitrogens with one attached hydrogen (secondary N) is 15. The third kappa shape index (κ3) is 25.8. The van der Waals surface area contributed by atoms with Crippen LogP contribution in [-0.4, -0.2) is 203 Å². The predicted octanol–water partition coefficient (Wildman–Crippen LogP) is 0.147. The summed E-state index contributed by atoms with van der Waals surface area (Å²) in [7, 11) is 0. The Balaban J connectivity index is 1.39. The number of aliphatic hydroxyl groups is 1. The van der Waals surface area contributed by atoms with E-state index in [2.05, 4.69) is 83.7 Å². The highest BCUT2D eigenvalue weighted by Gasteiger charge is 2.38. The molecule has 19 N–H and O–H groups in total. The minimum Gasteiger partial charge on any atom is -0.481 e. The van der Waals surface area contributed by atoms with Crippen molar-refractivity contribution in [2.45, 2.75) is 212 Å². The highest BCUT2D eigenvalue weighted by Crippen LogP contribution is 2.23. The van der Waals surface area contributed by atoms with Crippen LogP contribution in [0.1, 0.15) is 132 Å². The van der Waals surface area contributed by atoms with Gasteiger partial charge in [-0.15, -0.1) is 0 Å². The number of carboxylic acid groups (broad SMARTS) is 1. The number of primary amides is 1. The van der Waals surface area contributed by atoms with Crippen LogP contribution in [0.25, 0.3) is 21.8 Å². The third-order valence-corrected chi connectivity index (χ3v) is 18.3. The van der Waals surface area contributed by atoms with Crippen molar-refractivity contribution in [3.05, 3.63) is 90.3 Å². The minimum absolute atomic E-state index is 0.00872. The first-order valence-corrected chi connectivity index (χ1v) is 36.1. The fraction of sp³-hybridized carbons (Fsp3) is 0.549. The van der Waals surface area contributed by atoms with Gasteiger partial charge in [0.2, 0.25) is 70.9 Å². The lowest BCUT2D eigenvalue weighted by molar-refractivity contribution is -0.138. The average molecular weight is 1470 g/mol. The number of aromatic amines is 3. The molecule has 0 aliphatic carbocycles. The van der Waals surface area contributed by atoms with Crippen LogP contribution in [0, 0.1) is 17.8 Å². The number of para-hydroxylation sites is 2. The van der Waals surface area contributed by atoms with Crippen molar-refractivity contribution < 1.29 is 72.5 Å². The van der Waals surface area contributed by atoms with Crippen LogP contribution in [0.5, 0.6) is 0 Å². The van der Waals surface area contributed by atoms with Crippen LogP contribution >= 0.6 is 11.8 Å². The van der Waals surface area contributed by atoms with Crippen molar-refractivity contribution >= 4 is 110 Å². The van der Waals surface area contributed by atoms with Gasteiger partial charge in [0.15, 0.2) is 0 Å². The van der Waals surface area contributed by atoms with Gasteiger partial charge in [0.25, 0.3) is 0 Å². The minimum atomic E-state index is -1.62. The molecule has 0 saturated carbocycles. The number of H-pyrrole nitrogens is 3. The molecule has 12 amide bonds. The molecule has 2 unspecified atom stereocenters. The SMILES string of the molecule is CC(C)C[C@@H]1NC(=O)[C@H](Cc2cnc[nH]2)NC(=O)[C@H](Cc2c[nH]c3ccccc23)NC(=O)[C@H](C)NC(=O)C(NC(C)(C)C)CCSCC[C@@H](C(=O)N[C@H](C(N)=O)[C@@H](C)O)NC(=O)[C@H](Cc2c[nH]c3ccccc23)NC(=O)C(C(C)C)NC(=O)[C@H](CC(C)C)NC(=O)[C@H](CCC(=O)O)NC(=O)CNC1=O. The molecule has 33 heteroatoms. The van der Waals surface area contributed by atoms with Gasteiger partial charge < -0.3 is 94.7 Å². The van der Waals surface area contributed by atoms with E-state index < -0.39 is 180 Å². The zero-order valence-corrected chi connectivity index (χ0v) is 61.5. The Morgan fingerprint density at radius 3 is 1.62 bits per heavy atom. The molecule has 3 aromatic heterocycles. The molecule has 0 spiro atoms. The van der Waals surface area contributed by atoms with Crippen LogP contribution in [0.3, 0.4) is 0 Å². The van der Waals surface area contributed by atoms with Gasteiger partial charge in [-0.1, -0.05) is 77.9 Å². The monoisotopic (exact) mass is 1470 g/mol. The topological polar surface area (TPSA) is 493 Å². The van der Waals surface area contributed by atoms with Gasteiger partial charge in [0.05, 0.1) is 25.0 Å². The van der Waals surface area contributed by atoms with Crippen molar-refractivity contribution in [1.29, 1.82) is 0 Å². The van der Waals surface area contributed by atoms with E-state index >= 15 is 0 Å². The number of hydrogen-bond donors (Lipinski definition) is 18. The van der Waals surface area contributed by atoms with E-state index in [1.165, 1.54) is 38.1 Å². The van der Waals surface area contributed by atoms with Crippen molar-refractivity contribution in [3.8, 4) is 0 Å². The number of nitrogens with two attached hydrogens (primary N) is 1. The van der Waals surface area contributed by atoms with Crippen LogP contribution in [-0.2, 0) is 81.6 Å². The number of benzene rings is 2. The Hall–Kier alpha value is -9.89. The number of carboxylic acids is 1. The Morgan fingerprint density at radius 2 is 1.10 bits per heavy atom. The number of carbonyl (C=O) groups is 13. The van der Waals surface area contributed by atoms with Gasteiger partial charge >= 0.3 is 5.97 Å². The number of aliphatic carboxylic acids is 1. The second-order valence-electron chi connectivity index (χ2n) is 28.5. The Bertz CT molecular complexity index is 3810. The fourth-order valence-corrected chi connectivity index (χ4v) is 12.8. The first-order valence-electron chi connectivity index (χ1n) is 35.0. The van der Waals surface area contributed by atoms with Crippen LogP contribution in [0.2, 0.25) is 0 Å². The summed E-state index contributed by atoms with van der Waals surface area (Å²) in [5.41, 5.74) is 7.92. The molecule has 2 aromatic carbocycles. The molecule has 1 saturated heterocycles. The van der Waals surface area contributed by atoms with Crippen molar-refractivity contribution in [3.63, 3.8) is 0 Å². The van der Waals surface area contributed by atoms with Crippen molar-refractivity contribution in [1.82, 2.24) is 83.7 Å². The summed E-state index contributed by atoms with van der Waals surface area (Å²) in [4.78, 5) is 198. The molecular weight excluding hydrogens is 1360 g/mol. The largest absolute Gasteiger partial charge is 0.481 e. The van der Waals surface area contributed by atoms with Crippen LogP contribution in [0.15, 0.2) is 73.4 Å². The number of rotatable bonds is 19. The second kappa shape index (κ2) is 39.1. The second-order valence-corrected chi connectivity index (χ2v) is 29.8. The maximum atomic E-state index is 15.0. The predicted molar refractivity (Wildman–Crippen MR) is 389 cm³/mol. The molecule has 1 fully saturated rings. The molecule has 5 aromatic rings. The molecule has 0 radical (unpaired) electrons. The molecule has 0 bridgehead atoms. The lowest BCUT2D eigenvalue weighted by Gasteiger charge is -2.30. The van der Waals surface area contributed by atoms with Gasteiger partial charge in [-0.05, 0) is 119 Å². The summed E-state index contributed by atoms with van der Waals surface area (Å²) < 4.78 is 0. The average Bonchev–Trinajstić information content (AvgIpc) is 1.63. The summed E-state index contributed by atoms with van der Waals surface area (Å²) >= 11 is 1.28. The smallest absolute Gasteiger partial charge is 0.303 e. The van der Waals surface area contributed by atoms with Gasteiger partial charge in [-0.25, -0.2) is 4.98 Å². The summed E-state index contributed by atoms with van der Waals surface area (Å²) in [5, 5.41) is 54.3. The lowest BCUT2D eigenvalue weighted by atomic mass is 9.98. The van der Waals surface area contributed by atoms with Crippen molar-refractivity contribution in [2.75, 3.05) is 18.1 Å². The zero-order chi connectivity index (χ0) is 76.7. The molecule has 1 aliphatic heterocycles. The first kappa shape index (κ1) is 83.1. The number of aromatic nitrogens is 4. The van der Waals surface area contributed by atoms with Gasteiger partial charge in [-0.2, -0.15) is 11.8 Å². The molecule has 568 valence electrons.